The van der Waals surface area contributed by atoms with E-state index in [1.54, 1.807) is 26.0 Å². The molecule has 0 atom stereocenters. The first kappa shape index (κ1) is 12.3. The van der Waals surface area contributed by atoms with Crippen molar-refractivity contribution in [1.82, 2.24) is 20.2 Å². The molecule has 0 radical (unpaired) electrons. The van der Waals surface area contributed by atoms with Gasteiger partial charge in [0.05, 0.1) is 12.1 Å². The maximum absolute atomic E-state index is 9.59. The number of aryl methyl sites for hydroxylation is 1. The van der Waals surface area contributed by atoms with Gasteiger partial charge in [-0.2, -0.15) is 4.80 Å². The SMILES string of the molecule is CC(C)(O)CCn1nnc(-c2ccc(Br)o2)n1. The van der Waals surface area contributed by atoms with Gasteiger partial charge in [-0.25, -0.2) is 0 Å². The van der Waals surface area contributed by atoms with E-state index in [1.807, 2.05) is 0 Å². The molecule has 0 bridgehead atoms. The van der Waals surface area contributed by atoms with Gasteiger partial charge < -0.3 is 9.52 Å². The number of rotatable bonds is 4. The van der Waals surface area contributed by atoms with Crippen LogP contribution in [-0.4, -0.2) is 30.9 Å². The number of aliphatic hydroxyl groups is 1. The van der Waals surface area contributed by atoms with Crippen molar-refractivity contribution in [2.24, 2.45) is 0 Å². The van der Waals surface area contributed by atoms with Crippen LogP contribution in [0.15, 0.2) is 21.2 Å². The molecular formula is C10H13BrN4O2. The highest BCUT2D eigenvalue weighted by atomic mass is 79.9. The monoisotopic (exact) mass is 300 g/mol. The Labute approximate surface area is 107 Å². The summed E-state index contributed by atoms with van der Waals surface area (Å²) in [5.41, 5.74) is -0.735. The molecule has 0 aromatic carbocycles. The number of furan rings is 1. The second-order valence-electron chi connectivity index (χ2n) is 4.38. The number of halogens is 1. The molecule has 2 heterocycles. The van der Waals surface area contributed by atoms with Crippen LogP contribution in [-0.2, 0) is 6.54 Å². The molecule has 6 nitrogen and oxygen atoms in total. The van der Waals surface area contributed by atoms with Gasteiger partial charge in [-0.3, -0.25) is 0 Å². The van der Waals surface area contributed by atoms with E-state index in [0.717, 1.165) is 0 Å². The highest BCUT2D eigenvalue weighted by molar-refractivity contribution is 9.10. The van der Waals surface area contributed by atoms with Gasteiger partial charge in [-0.05, 0) is 53.5 Å². The molecule has 2 rings (SSSR count). The van der Waals surface area contributed by atoms with Crippen molar-refractivity contribution in [2.75, 3.05) is 0 Å². The third kappa shape index (κ3) is 3.37. The first-order valence-corrected chi connectivity index (χ1v) is 5.99. The van der Waals surface area contributed by atoms with Crippen LogP contribution < -0.4 is 0 Å². The summed E-state index contributed by atoms with van der Waals surface area (Å²) in [5, 5.41) is 21.5. The Morgan fingerprint density at radius 2 is 2.24 bits per heavy atom. The van der Waals surface area contributed by atoms with Gasteiger partial charge in [0.1, 0.15) is 0 Å². The van der Waals surface area contributed by atoms with E-state index in [2.05, 4.69) is 31.3 Å². The fraction of sp³-hybridized carbons (Fsp3) is 0.500. The van der Waals surface area contributed by atoms with Crippen LogP contribution in [0.25, 0.3) is 11.6 Å². The lowest BCUT2D eigenvalue weighted by Gasteiger charge is -2.15. The highest BCUT2D eigenvalue weighted by Crippen LogP contribution is 2.21. The average Bonchev–Trinajstić information content (AvgIpc) is 2.81. The van der Waals surface area contributed by atoms with Gasteiger partial charge in [0.2, 0.25) is 5.82 Å². The summed E-state index contributed by atoms with van der Waals surface area (Å²) < 4.78 is 5.94. The third-order valence-corrected chi connectivity index (χ3v) is 2.60. The first-order chi connectivity index (χ1) is 7.94. The third-order valence-electron chi connectivity index (χ3n) is 2.17. The van der Waals surface area contributed by atoms with E-state index in [9.17, 15) is 5.11 Å². The lowest BCUT2D eigenvalue weighted by molar-refractivity contribution is 0.0635. The Kier molecular flexibility index (Phi) is 3.30. The number of nitrogens with zero attached hydrogens (tertiary/aromatic N) is 4. The number of hydrogen-bond donors (Lipinski definition) is 1. The van der Waals surface area contributed by atoms with E-state index in [-0.39, 0.29) is 0 Å². The predicted octanol–water partition coefficient (Wildman–Crippen LogP) is 1.86. The minimum Gasteiger partial charge on any atom is -0.446 e. The zero-order valence-corrected chi connectivity index (χ0v) is 11.2. The summed E-state index contributed by atoms with van der Waals surface area (Å²) in [4.78, 5) is 1.45. The van der Waals surface area contributed by atoms with Gasteiger partial charge in [0, 0.05) is 0 Å². The molecule has 92 valence electrons. The molecule has 1 N–H and O–H groups in total. The van der Waals surface area contributed by atoms with Crippen molar-refractivity contribution in [3.8, 4) is 11.6 Å². The van der Waals surface area contributed by atoms with Crippen molar-refractivity contribution in [3.05, 3.63) is 16.8 Å². The number of tetrazole rings is 1. The normalized spacial score (nSPS) is 12.0. The van der Waals surface area contributed by atoms with E-state index in [4.69, 9.17) is 4.42 Å². The van der Waals surface area contributed by atoms with Crippen LogP contribution in [0.3, 0.4) is 0 Å². The minimum absolute atomic E-state index is 0.437. The molecule has 0 saturated heterocycles. The smallest absolute Gasteiger partial charge is 0.240 e. The molecule has 2 aromatic rings. The molecule has 0 aliphatic heterocycles. The average molecular weight is 301 g/mol. The second kappa shape index (κ2) is 4.58. The molecule has 0 saturated carbocycles. The Balaban J connectivity index is 2.06. The quantitative estimate of drug-likeness (QED) is 0.932. The van der Waals surface area contributed by atoms with Crippen molar-refractivity contribution >= 4 is 15.9 Å². The second-order valence-corrected chi connectivity index (χ2v) is 5.16. The Morgan fingerprint density at radius 1 is 1.47 bits per heavy atom. The predicted molar refractivity (Wildman–Crippen MR) is 64.1 cm³/mol. The van der Waals surface area contributed by atoms with E-state index >= 15 is 0 Å². The molecule has 0 aliphatic carbocycles. The maximum Gasteiger partial charge on any atom is 0.240 e. The fourth-order valence-corrected chi connectivity index (χ4v) is 1.55. The van der Waals surface area contributed by atoms with Crippen molar-refractivity contribution in [2.45, 2.75) is 32.4 Å². The molecule has 0 spiro atoms. The van der Waals surface area contributed by atoms with Crippen LogP contribution in [0, 0.1) is 0 Å². The topological polar surface area (TPSA) is 77.0 Å². The number of aromatic nitrogens is 4. The van der Waals surface area contributed by atoms with Gasteiger partial charge in [-0.1, -0.05) is 0 Å². The summed E-state index contributed by atoms with van der Waals surface area (Å²) in [6.07, 6.45) is 0.560. The van der Waals surface area contributed by atoms with Crippen molar-refractivity contribution in [3.63, 3.8) is 0 Å². The van der Waals surface area contributed by atoms with Gasteiger partial charge in [0.15, 0.2) is 10.4 Å². The molecular weight excluding hydrogens is 288 g/mol. The van der Waals surface area contributed by atoms with E-state index in [1.165, 1.54) is 4.80 Å². The van der Waals surface area contributed by atoms with Gasteiger partial charge in [0.25, 0.3) is 0 Å². The molecule has 0 aliphatic rings. The molecule has 17 heavy (non-hydrogen) atoms. The highest BCUT2D eigenvalue weighted by Gasteiger charge is 2.14. The van der Waals surface area contributed by atoms with Crippen LogP contribution in [0.5, 0.6) is 0 Å². The Hall–Kier alpha value is -1.21. The summed E-state index contributed by atoms with van der Waals surface area (Å²) in [7, 11) is 0. The summed E-state index contributed by atoms with van der Waals surface area (Å²) in [6, 6.07) is 3.54. The molecule has 0 fully saturated rings. The van der Waals surface area contributed by atoms with Crippen LogP contribution in [0.1, 0.15) is 20.3 Å². The zero-order chi connectivity index (χ0) is 12.5. The largest absolute Gasteiger partial charge is 0.446 e. The van der Waals surface area contributed by atoms with Crippen LogP contribution >= 0.6 is 15.9 Å². The van der Waals surface area contributed by atoms with Gasteiger partial charge >= 0.3 is 0 Å². The van der Waals surface area contributed by atoms with Gasteiger partial charge in [-0.15, -0.1) is 10.2 Å². The standard InChI is InChI=1S/C10H13BrN4O2/c1-10(2,16)5-6-15-13-9(12-14-15)7-3-4-8(11)17-7/h3-4,16H,5-6H2,1-2H3. The molecule has 0 amide bonds. The lowest BCUT2D eigenvalue weighted by Crippen LogP contribution is -2.21. The van der Waals surface area contributed by atoms with Crippen molar-refractivity contribution < 1.29 is 9.52 Å². The minimum atomic E-state index is -0.735. The molecule has 2 aromatic heterocycles. The lowest BCUT2D eigenvalue weighted by atomic mass is 10.1. The zero-order valence-electron chi connectivity index (χ0n) is 9.59. The van der Waals surface area contributed by atoms with E-state index < -0.39 is 5.60 Å². The maximum atomic E-state index is 9.59. The van der Waals surface area contributed by atoms with Crippen molar-refractivity contribution in [1.29, 1.82) is 0 Å². The molecule has 7 heteroatoms. The number of hydrogen-bond acceptors (Lipinski definition) is 5. The summed E-state index contributed by atoms with van der Waals surface area (Å²) in [5.74, 6) is 0.998. The summed E-state index contributed by atoms with van der Waals surface area (Å²) in [6.45, 7) is 4.00. The van der Waals surface area contributed by atoms with Crippen LogP contribution in [0.4, 0.5) is 0 Å². The summed E-state index contributed by atoms with van der Waals surface area (Å²) >= 11 is 3.21. The van der Waals surface area contributed by atoms with E-state index in [0.29, 0.717) is 29.2 Å². The van der Waals surface area contributed by atoms with Crippen LogP contribution in [0.2, 0.25) is 0 Å². The Bertz CT molecular complexity index is 500. The Morgan fingerprint density at radius 3 is 2.82 bits per heavy atom. The fourth-order valence-electron chi connectivity index (χ4n) is 1.24. The first-order valence-electron chi connectivity index (χ1n) is 5.20. The molecule has 0 unspecified atom stereocenters.